The summed E-state index contributed by atoms with van der Waals surface area (Å²) >= 11 is 0. The molecule has 0 aliphatic carbocycles. The highest BCUT2D eigenvalue weighted by Gasteiger charge is 2.27. The van der Waals surface area contributed by atoms with Gasteiger partial charge in [0.2, 0.25) is 0 Å². The van der Waals surface area contributed by atoms with E-state index in [0.717, 1.165) is 19.8 Å². The summed E-state index contributed by atoms with van der Waals surface area (Å²) in [5.41, 5.74) is 3.25. The van der Waals surface area contributed by atoms with Crippen molar-refractivity contribution < 1.29 is 4.74 Å². The van der Waals surface area contributed by atoms with Crippen LogP contribution in [0.4, 0.5) is 0 Å². The summed E-state index contributed by atoms with van der Waals surface area (Å²) < 4.78 is 5.47. The minimum atomic E-state index is 0.396. The molecule has 1 atom stereocenters. The number of nitrogens with one attached hydrogen (secondary N) is 1. The van der Waals surface area contributed by atoms with Crippen molar-refractivity contribution >= 4 is 0 Å². The Balaban J connectivity index is 1.83. The van der Waals surface area contributed by atoms with E-state index in [1.807, 2.05) is 0 Å². The van der Waals surface area contributed by atoms with Crippen LogP contribution in [0.1, 0.15) is 63.6 Å². The molecule has 0 aromatic heterocycles. The molecule has 1 fully saturated rings. The molecule has 21 heavy (non-hydrogen) atoms. The third-order valence-corrected chi connectivity index (χ3v) is 4.83. The number of rotatable bonds is 7. The highest BCUT2D eigenvalue weighted by Crippen LogP contribution is 2.29. The SMILES string of the molecule is CCCCc1ccc(C(C)NCC2(C)CCOCC2)cc1. The molecule has 1 N–H and O–H groups in total. The van der Waals surface area contributed by atoms with Crippen LogP contribution in [0.2, 0.25) is 0 Å². The molecular formula is C19H31NO. The number of hydrogen-bond acceptors (Lipinski definition) is 2. The van der Waals surface area contributed by atoms with Gasteiger partial charge in [-0.2, -0.15) is 0 Å². The van der Waals surface area contributed by atoms with Crippen molar-refractivity contribution in [2.45, 2.75) is 58.9 Å². The topological polar surface area (TPSA) is 21.3 Å². The molecule has 0 amide bonds. The van der Waals surface area contributed by atoms with Crippen LogP contribution >= 0.6 is 0 Å². The van der Waals surface area contributed by atoms with Crippen LogP contribution in [0, 0.1) is 5.41 Å². The Morgan fingerprint density at radius 3 is 2.48 bits per heavy atom. The Hall–Kier alpha value is -0.860. The highest BCUT2D eigenvalue weighted by molar-refractivity contribution is 5.24. The summed E-state index contributed by atoms with van der Waals surface area (Å²) in [6.07, 6.45) is 6.09. The largest absolute Gasteiger partial charge is 0.381 e. The fraction of sp³-hybridized carbons (Fsp3) is 0.684. The summed E-state index contributed by atoms with van der Waals surface area (Å²) in [6, 6.07) is 9.58. The molecule has 0 spiro atoms. The van der Waals surface area contributed by atoms with Gasteiger partial charge in [-0.15, -0.1) is 0 Å². The second-order valence-electron chi connectivity index (χ2n) is 6.87. The van der Waals surface area contributed by atoms with Crippen molar-refractivity contribution in [3.8, 4) is 0 Å². The third-order valence-electron chi connectivity index (χ3n) is 4.83. The average Bonchev–Trinajstić information content (AvgIpc) is 2.52. The number of benzene rings is 1. The monoisotopic (exact) mass is 289 g/mol. The first-order chi connectivity index (χ1) is 10.1. The standard InChI is InChI=1S/C19H31NO/c1-4-5-6-17-7-9-18(10-8-17)16(2)20-15-19(3)11-13-21-14-12-19/h7-10,16,20H,4-6,11-15H2,1-3H3. The Kier molecular flexibility index (Phi) is 6.25. The lowest BCUT2D eigenvalue weighted by Crippen LogP contribution is -2.37. The van der Waals surface area contributed by atoms with Gasteiger partial charge in [0.15, 0.2) is 0 Å². The first-order valence-electron chi connectivity index (χ1n) is 8.53. The fourth-order valence-corrected chi connectivity index (χ4v) is 2.91. The molecule has 1 heterocycles. The highest BCUT2D eigenvalue weighted by atomic mass is 16.5. The predicted molar refractivity (Wildman–Crippen MR) is 89.6 cm³/mol. The number of hydrogen-bond donors (Lipinski definition) is 1. The zero-order valence-corrected chi connectivity index (χ0v) is 14.0. The minimum absolute atomic E-state index is 0.396. The molecule has 1 aromatic carbocycles. The first kappa shape index (κ1) is 16.5. The van der Waals surface area contributed by atoms with E-state index in [2.05, 4.69) is 50.4 Å². The summed E-state index contributed by atoms with van der Waals surface area (Å²) in [5.74, 6) is 0. The van der Waals surface area contributed by atoms with E-state index >= 15 is 0 Å². The Labute approximate surface area is 130 Å². The molecule has 1 unspecified atom stereocenters. The van der Waals surface area contributed by atoms with Crippen molar-refractivity contribution in [3.05, 3.63) is 35.4 Å². The van der Waals surface area contributed by atoms with Gasteiger partial charge in [0.1, 0.15) is 0 Å². The fourth-order valence-electron chi connectivity index (χ4n) is 2.91. The van der Waals surface area contributed by atoms with Crippen LogP contribution < -0.4 is 5.32 Å². The molecule has 1 aliphatic rings. The van der Waals surface area contributed by atoms with Gasteiger partial charge in [-0.3, -0.25) is 0 Å². The summed E-state index contributed by atoms with van der Waals surface area (Å²) in [6.45, 7) is 9.80. The lowest BCUT2D eigenvalue weighted by molar-refractivity contribution is 0.0231. The number of aryl methyl sites for hydroxylation is 1. The van der Waals surface area contributed by atoms with Gasteiger partial charge in [0.25, 0.3) is 0 Å². The van der Waals surface area contributed by atoms with Crippen molar-refractivity contribution in [2.75, 3.05) is 19.8 Å². The van der Waals surface area contributed by atoms with E-state index in [0.29, 0.717) is 11.5 Å². The Morgan fingerprint density at radius 2 is 1.86 bits per heavy atom. The maximum atomic E-state index is 5.47. The molecule has 1 saturated heterocycles. The predicted octanol–water partition coefficient (Wildman–Crippen LogP) is 4.50. The van der Waals surface area contributed by atoms with Crippen LogP contribution in [0.3, 0.4) is 0 Å². The van der Waals surface area contributed by atoms with Gasteiger partial charge in [-0.05, 0) is 49.1 Å². The molecule has 2 nitrogen and oxygen atoms in total. The molecule has 118 valence electrons. The van der Waals surface area contributed by atoms with Gasteiger partial charge in [0, 0.05) is 25.8 Å². The minimum Gasteiger partial charge on any atom is -0.381 e. The average molecular weight is 289 g/mol. The smallest absolute Gasteiger partial charge is 0.0471 e. The molecule has 2 rings (SSSR count). The summed E-state index contributed by atoms with van der Waals surface area (Å²) in [4.78, 5) is 0. The van der Waals surface area contributed by atoms with E-state index < -0.39 is 0 Å². The van der Waals surface area contributed by atoms with Gasteiger partial charge < -0.3 is 10.1 Å². The molecule has 1 aliphatic heterocycles. The van der Waals surface area contributed by atoms with Crippen LogP contribution in [0.15, 0.2) is 24.3 Å². The van der Waals surface area contributed by atoms with E-state index in [1.165, 1.54) is 43.2 Å². The quantitative estimate of drug-likeness (QED) is 0.798. The first-order valence-corrected chi connectivity index (χ1v) is 8.53. The normalized spacial score (nSPS) is 19.4. The second kappa shape index (κ2) is 7.95. The molecule has 0 saturated carbocycles. The molecular weight excluding hydrogens is 258 g/mol. The third kappa shape index (κ3) is 5.12. The number of unbranched alkanes of at least 4 members (excludes halogenated alkanes) is 1. The van der Waals surface area contributed by atoms with E-state index in [-0.39, 0.29) is 0 Å². The molecule has 1 aromatic rings. The van der Waals surface area contributed by atoms with Gasteiger partial charge in [-0.25, -0.2) is 0 Å². The zero-order chi connectivity index (χ0) is 15.1. The molecule has 2 heteroatoms. The molecule has 0 bridgehead atoms. The lowest BCUT2D eigenvalue weighted by Gasteiger charge is -2.34. The van der Waals surface area contributed by atoms with Gasteiger partial charge in [-0.1, -0.05) is 44.5 Å². The van der Waals surface area contributed by atoms with Crippen molar-refractivity contribution in [1.82, 2.24) is 5.32 Å². The maximum absolute atomic E-state index is 5.47. The zero-order valence-electron chi connectivity index (χ0n) is 14.0. The van der Waals surface area contributed by atoms with Gasteiger partial charge in [0.05, 0.1) is 0 Å². The molecule has 0 radical (unpaired) electrons. The Bertz CT molecular complexity index is 406. The van der Waals surface area contributed by atoms with Crippen LogP contribution in [0.25, 0.3) is 0 Å². The maximum Gasteiger partial charge on any atom is 0.0471 e. The van der Waals surface area contributed by atoms with Crippen molar-refractivity contribution in [2.24, 2.45) is 5.41 Å². The van der Waals surface area contributed by atoms with E-state index in [9.17, 15) is 0 Å². The van der Waals surface area contributed by atoms with Crippen LogP contribution in [-0.4, -0.2) is 19.8 Å². The van der Waals surface area contributed by atoms with Crippen LogP contribution in [-0.2, 0) is 11.2 Å². The van der Waals surface area contributed by atoms with E-state index in [4.69, 9.17) is 4.74 Å². The van der Waals surface area contributed by atoms with Crippen LogP contribution in [0.5, 0.6) is 0 Å². The summed E-state index contributed by atoms with van der Waals surface area (Å²) in [7, 11) is 0. The lowest BCUT2D eigenvalue weighted by atomic mass is 9.82. The number of ether oxygens (including phenoxy) is 1. The van der Waals surface area contributed by atoms with Crippen molar-refractivity contribution in [1.29, 1.82) is 0 Å². The summed E-state index contributed by atoms with van der Waals surface area (Å²) in [5, 5.41) is 3.72. The van der Waals surface area contributed by atoms with E-state index in [1.54, 1.807) is 0 Å². The van der Waals surface area contributed by atoms with Gasteiger partial charge >= 0.3 is 0 Å². The van der Waals surface area contributed by atoms with Crippen molar-refractivity contribution in [3.63, 3.8) is 0 Å². The Morgan fingerprint density at radius 1 is 1.19 bits per heavy atom. The second-order valence-corrected chi connectivity index (χ2v) is 6.87.